The van der Waals surface area contributed by atoms with Crippen LogP contribution in [0.2, 0.25) is 0 Å². The van der Waals surface area contributed by atoms with Crippen LogP contribution in [-0.4, -0.2) is 63.0 Å². The normalized spacial score (nSPS) is 42.5. The Bertz CT molecular complexity index is 284. The Labute approximate surface area is 98.8 Å². The van der Waals surface area contributed by atoms with Gasteiger partial charge in [0.25, 0.3) is 0 Å². The summed E-state index contributed by atoms with van der Waals surface area (Å²) in [6.45, 7) is 1.11. The highest BCUT2D eigenvalue weighted by Gasteiger charge is 2.55. The summed E-state index contributed by atoms with van der Waals surface area (Å²) in [5.74, 6) is -3.03. The first kappa shape index (κ1) is 14.5. The monoisotopic (exact) mass is 249 g/mol. The summed E-state index contributed by atoms with van der Waals surface area (Å²) in [5.41, 5.74) is 5.51. The minimum atomic E-state index is -2.36. The summed E-state index contributed by atoms with van der Waals surface area (Å²) >= 11 is 0. The molecular formula is C10H19NO6. The van der Waals surface area contributed by atoms with Gasteiger partial charge in [0.05, 0.1) is 12.6 Å². The Morgan fingerprint density at radius 3 is 2.47 bits per heavy atom. The van der Waals surface area contributed by atoms with Crippen molar-refractivity contribution < 1.29 is 30.0 Å². The number of aliphatic hydroxyl groups is 4. The van der Waals surface area contributed by atoms with Crippen molar-refractivity contribution in [3.8, 4) is 0 Å². The van der Waals surface area contributed by atoms with Gasteiger partial charge in [0.15, 0.2) is 5.78 Å². The number of carbonyl (C=O) groups is 1. The Kier molecular flexibility index (Phi) is 4.59. The molecule has 1 fully saturated rings. The molecule has 0 radical (unpaired) electrons. The fourth-order valence-electron chi connectivity index (χ4n) is 1.85. The molecule has 0 aliphatic carbocycles. The molecule has 1 aliphatic heterocycles. The van der Waals surface area contributed by atoms with E-state index in [0.29, 0.717) is 6.42 Å². The fourth-order valence-corrected chi connectivity index (χ4v) is 1.85. The molecule has 5 atom stereocenters. The number of hydrogen-bond acceptors (Lipinski definition) is 7. The van der Waals surface area contributed by atoms with Gasteiger partial charge < -0.3 is 30.9 Å². The van der Waals surface area contributed by atoms with Gasteiger partial charge in [-0.25, -0.2) is 0 Å². The first-order valence-electron chi connectivity index (χ1n) is 5.54. The molecule has 0 aromatic heterocycles. The number of aliphatic hydroxyl groups excluding tert-OH is 3. The molecule has 0 bridgehead atoms. The molecule has 17 heavy (non-hydrogen) atoms. The van der Waals surface area contributed by atoms with Gasteiger partial charge in [0.1, 0.15) is 18.3 Å². The molecule has 0 spiro atoms. The first-order chi connectivity index (χ1) is 7.88. The summed E-state index contributed by atoms with van der Waals surface area (Å²) in [6, 6.07) is -1.45. The Morgan fingerprint density at radius 2 is 2.00 bits per heavy atom. The molecule has 0 aromatic carbocycles. The fraction of sp³-hybridized carbons (Fsp3) is 0.900. The van der Waals surface area contributed by atoms with E-state index in [1.54, 1.807) is 6.92 Å². The quantitative estimate of drug-likeness (QED) is 0.371. The van der Waals surface area contributed by atoms with Gasteiger partial charge in [0.2, 0.25) is 5.79 Å². The zero-order valence-corrected chi connectivity index (χ0v) is 9.61. The lowest BCUT2D eigenvalue weighted by molar-refractivity contribution is -0.297. The van der Waals surface area contributed by atoms with Crippen LogP contribution in [0.1, 0.15) is 19.8 Å². The topological polar surface area (TPSA) is 133 Å². The van der Waals surface area contributed by atoms with Gasteiger partial charge in [-0.05, 0) is 6.42 Å². The van der Waals surface area contributed by atoms with Crippen molar-refractivity contribution in [3.05, 3.63) is 0 Å². The highest BCUT2D eigenvalue weighted by Crippen LogP contribution is 2.28. The molecule has 7 heteroatoms. The lowest BCUT2D eigenvalue weighted by Gasteiger charge is -2.45. The maximum absolute atomic E-state index is 11.7. The van der Waals surface area contributed by atoms with E-state index in [9.17, 15) is 20.1 Å². The number of ether oxygens (including phenoxy) is 1. The summed E-state index contributed by atoms with van der Waals surface area (Å²) in [7, 11) is 0. The lowest BCUT2D eigenvalue weighted by atomic mass is 9.87. The zero-order chi connectivity index (χ0) is 13.2. The summed E-state index contributed by atoms with van der Waals surface area (Å²) in [4.78, 5) is 11.7. The molecule has 1 heterocycles. The third-order valence-electron chi connectivity index (χ3n) is 2.94. The van der Waals surface area contributed by atoms with Crippen molar-refractivity contribution in [2.45, 2.75) is 49.9 Å². The van der Waals surface area contributed by atoms with Crippen LogP contribution in [-0.2, 0) is 9.53 Å². The predicted molar refractivity (Wildman–Crippen MR) is 56.8 cm³/mol. The first-order valence-corrected chi connectivity index (χ1v) is 5.54. The Morgan fingerprint density at radius 1 is 1.41 bits per heavy atom. The Hall–Kier alpha value is -0.570. The SMILES string of the molecule is CCCC(=O)C1(O)O[C@H](CO)[C@H](O)[C@H](O)[C@H]1N. The average molecular weight is 249 g/mol. The van der Waals surface area contributed by atoms with Crippen molar-refractivity contribution >= 4 is 5.78 Å². The molecule has 0 aromatic rings. The molecule has 1 saturated heterocycles. The van der Waals surface area contributed by atoms with E-state index in [1.807, 2.05) is 0 Å². The molecule has 1 unspecified atom stereocenters. The van der Waals surface area contributed by atoms with Gasteiger partial charge in [-0.15, -0.1) is 0 Å². The van der Waals surface area contributed by atoms with Gasteiger partial charge >= 0.3 is 0 Å². The van der Waals surface area contributed by atoms with Crippen molar-refractivity contribution in [2.75, 3.05) is 6.61 Å². The summed E-state index contributed by atoms with van der Waals surface area (Å²) < 4.78 is 4.95. The molecule has 1 aliphatic rings. The third-order valence-corrected chi connectivity index (χ3v) is 2.94. The molecule has 0 saturated carbocycles. The Balaban J connectivity index is 2.94. The van der Waals surface area contributed by atoms with Crippen molar-refractivity contribution in [2.24, 2.45) is 5.73 Å². The van der Waals surface area contributed by atoms with E-state index >= 15 is 0 Å². The molecule has 100 valence electrons. The van der Waals surface area contributed by atoms with Crippen LogP contribution in [0.15, 0.2) is 0 Å². The van der Waals surface area contributed by atoms with Crippen LogP contribution in [0.5, 0.6) is 0 Å². The van der Waals surface area contributed by atoms with Gasteiger partial charge in [-0.3, -0.25) is 4.79 Å². The minimum absolute atomic E-state index is 0.0329. The standard InChI is InChI=1S/C10H19NO6/c1-2-3-6(13)10(16)9(11)8(15)7(14)5(4-12)17-10/h5,7-9,12,14-16H,2-4,11H2,1H3/t5-,7+,8+,9-,10?/m1/s1. The van der Waals surface area contributed by atoms with Crippen molar-refractivity contribution in [1.82, 2.24) is 0 Å². The highest BCUT2D eigenvalue weighted by atomic mass is 16.7. The largest absolute Gasteiger partial charge is 0.394 e. The van der Waals surface area contributed by atoms with Crippen molar-refractivity contribution in [1.29, 1.82) is 0 Å². The second-order valence-electron chi connectivity index (χ2n) is 4.22. The number of hydrogen-bond donors (Lipinski definition) is 5. The maximum atomic E-state index is 11.7. The van der Waals surface area contributed by atoms with Crippen LogP contribution >= 0.6 is 0 Å². The van der Waals surface area contributed by atoms with E-state index in [0.717, 1.165) is 0 Å². The van der Waals surface area contributed by atoms with E-state index in [1.165, 1.54) is 0 Å². The number of rotatable bonds is 4. The van der Waals surface area contributed by atoms with Gasteiger partial charge in [-0.2, -0.15) is 0 Å². The molecule has 0 amide bonds. The molecule has 7 nitrogen and oxygen atoms in total. The number of nitrogens with two attached hydrogens (primary N) is 1. The van der Waals surface area contributed by atoms with Gasteiger partial charge in [0, 0.05) is 6.42 Å². The summed E-state index contributed by atoms with van der Waals surface area (Å²) in [5, 5.41) is 38.1. The summed E-state index contributed by atoms with van der Waals surface area (Å²) in [6.07, 6.45) is -3.70. The van der Waals surface area contributed by atoms with Crippen LogP contribution in [0.4, 0.5) is 0 Å². The third kappa shape index (κ3) is 2.49. The van der Waals surface area contributed by atoms with E-state index in [2.05, 4.69) is 0 Å². The second kappa shape index (κ2) is 5.38. The second-order valence-corrected chi connectivity index (χ2v) is 4.22. The number of ketones is 1. The van der Waals surface area contributed by atoms with E-state index < -0.39 is 42.5 Å². The van der Waals surface area contributed by atoms with E-state index in [-0.39, 0.29) is 6.42 Å². The van der Waals surface area contributed by atoms with Crippen LogP contribution in [0.25, 0.3) is 0 Å². The molecule has 1 rings (SSSR count). The number of carbonyl (C=O) groups excluding carboxylic acids is 1. The van der Waals surface area contributed by atoms with Gasteiger partial charge in [-0.1, -0.05) is 6.92 Å². The van der Waals surface area contributed by atoms with E-state index in [4.69, 9.17) is 15.6 Å². The number of Topliss-reactive ketones (excluding diaryl/α,β-unsaturated/α-hetero) is 1. The van der Waals surface area contributed by atoms with Crippen LogP contribution in [0.3, 0.4) is 0 Å². The zero-order valence-electron chi connectivity index (χ0n) is 9.61. The predicted octanol–water partition coefficient (Wildman–Crippen LogP) is -2.52. The molecule has 6 N–H and O–H groups in total. The average Bonchev–Trinajstić information content (AvgIpc) is 2.31. The maximum Gasteiger partial charge on any atom is 0.245 e. The smallest absolute Gasteiger partial charge is 0.245 e. The molecular weight excluding hydrogens is 230 g/mol. The van der Waals surface area contributed by atoms with Crippen LogP contribution in [0, 0.1) is 0 Å². The minimum Gasteiger partial charge on any atom is -0.394 e. The van der Waals surface area contributed by atoms with Crippen molar-refractivity contribution in [3.63, 3.8) is 0 Å². The lowest BCUT2D eigenvalue weighted by Crippen LogP contribution is -2.71. The highest BCUT2D eigenvalue weighted by molar-refractivity contribution is 5.86. The van der Waals surface area contributed by atoms with Crippen LogP contribution < -0.4 is 5.73 Å².